The molecule has 0 unspecified atom stereocenters. The van der Waals surface area contributed by atoms with Gasteiger partial charge in [0.25, 0.3) is 0 Å². The SMILES string of the molecule is CC(C)NC(=O)/C=C\c1ccc([N+](=O)[O-])o1. The topological polar surface area (TPSA) is 85.4 Å². The van der Waals surface area contributed by atoms with Gasteiger partial charge in [0.2, 0.25) is 5.91 Å². The van der Waals surface area contributed by atoms with Crippen LogP contribution in [0.25, 0.3) is 6.08 Å². The average Bonchev–Trinajstić information content (AvgIpc) is 2.61. The van der Waals surface area contributed by atoms with E-state index in [0.717, 1.165) is 0 Å². The van der Waals surface area contributed by atoms with E-state index in [0.29, 0.717) is 0 Å². The van der Waals surface area contributed by atoms with Crippen molar-refractivity contribution < 1.29 is 14.1 Å². The van der Waals surface area contributed by atoms with Gasteiger partial charge in [-0.2, -0.15) is 0 Å². The van der Waals surface area contributed by atoms with Crippen molar-refractivity contribution >= 4 is 17.9 Å². The molecule has 1 aromatic heterocycles. The molecule has 0 spiro atoms. The molecule has 0 radical (unpaired) electrons. The summed E-state index contributed by atoms with van der Waals surface area (Å²) in [6.45, 7) is 3.67. The molecule has 0 aliphatic carbocycles. The lowest BCUT2D eigenvalue weighted by Crippen LogP contribution is -2.28. The fraction of sp³-hybridized carbons (Fsp3) is 0.300. The third-order valence-electron chi connectivity index (χ3n) is 1.62. The number of hydrogen-bond acceptors (Lipinski definition) is 4. The van der Waals surface area contributed by atoms with Crippen LogP contribution in [-0.4, -0.2) is 16.9 Å². The van der Waals surface area contributed by atoms with Crippen molar-refractivity contribution in [2.45, 2.75) is 19.9 Å². The van der Waals surface area contributed by atoms with Gasteiger partial charge in [0.15, 0.2) is 0 Å². The number of nitrogens with one attached hydrogen (secondary N) is 1. The first-order chi connectivity index (χ1) is 7.49. The maximum atomic E-state index is 11.2. The molecular formula is C10H12N2O4. The zero-order chi connectivity index (χ0) is 12.1. The van der Waals surface area contributed by atoms with Crippen molar-refractivity contribution in [2.75, 3.05) is 0 Å². The molecule has 0 saturated heterocycles. The standard InChI is InChI=1S/C10H12N2O4/c1-7(2)11-9(13)5-3-8-4-6-10(16-8)12(14)15/h3-7H,1-2H3,(H,11,13)/b5-3-. The summed E-state index contributed by atoms with van der Waals surface area (Å²) in [6.07, 6.45) is 2.65. The second-order valence-electron chi connectivity index (χ2n) is 3.43. The molecule has 1 amide bonds. The quantitative estimate of drug-likeness (QED) is 0.479. The highest BCUT2D eigenvalue weighted by atomic mass is 16.6. The molecule has 1 N–H and O–H groups in total. The van der Waals surface area contributed by atoms with Crippen LogP contribution >= 0.6 is 0 Å². The minimum Gasteiger partial charge on any atom is -0.401 e. The van der Waals surface area contributed by atoms with Crippen LogP contribution in [0.5, 0.6) is 0 Å². The van der Waals surface area contributed by atoms with Crippen molar-refractivity contribution in [2.24, 2.45) is 0 Å². The summed E-state index contributed by atoms with van der Waals surface area (Å²) < 4.78 is 4.83. The van der Waals surface area contributed by atoms with E-state index in [1.54, 1.807) is 0 Å². The number of carbonyl (C=O) groups excluding carboxylic acids is 1. The van der Waals surface area contributed by atoms with Crippen LogP contribution in [0, 0.1) is 10.1 Å². The monoisotopic (exact) mass is 224 g/mol. The molecule has 0 bridgehead atoms. The van der Waals surface area contributed by atoms with Gasteiger partial charge in [-0.05, 0) is 26.0 Å². The molecule has 1 aromatic rings. The van der Waals surface area contributed by atoms with E-state index >= 15 is 0 Å². The van der Waals surface area contributed by atoms with Gasteiger partial charge in [0.05, 0.1) is 6.07 Å². The van der Waals surface area contributed by atoms with Crippen LogP contribution in [-0.2, 0) is 4.79 Å². The van der Waals surface area contributed by atoms with Gasteiger partial charge in [-0.3, -0.25) is 14.9 Å². The third kappa shape index (κ3) is 3.56. The molecule has 0 aromatic carbocycles. The summed E-state index contributed by atoms with van der Waals surface area (Å²) in [6, 6.07) is 2.71. The van der Waals surface area contributed by atoms with E-state index in [1.807, 2.05) is 13.8 Å². The molecule has 0 fully saturated rings. The first kappa shape index (κ1) is 12.0. The van der Waals surface area contributed by atoms with Crippen molar-refractivity contribution in [3.63, 3.8) is 0 Å². The number of hydrogen-bond donors (Lipinski definition) is 1. The Kier molecular flexibility index (Phi) is 3.82. The number of furan rings is 1. The van der Waals surface area contributed by atoms with Crippen molar-refractivity contribution in [1.82, 2.24) is 5.32 Å². The first-order valence-electron chi connectivity index (χ1n) is 4.72. The normalized spacial score (nSPS) is 10.9. The summed E-state index contributed by atoms with van der Waals surface area (Å²) >= 11 is 0. The highest BCUT2D eigenvalue weighted by Gasteiger charge is 2.10. The zero-order valence-electron chi connectivity index (χ0n) is 8.97. The van der Waals surface area contributed by atoms with Crippen LogP contribution in [0.4, 0.5) is 5.88 Å². The summed E-state index contributed by atoms with van der Waals surface area (Å²) in [5, 5.41) is 12.9. The van der Waals surface area contributed by atoms with Crippen LogP contribution in [0.3, 0.4) is 0 Å². The second kappa shape index (κ2) is 5.11. The lowest BCUT2D eigenvalue weighted by atomic mass is 10.3. The summed E-state index contributed by atoms with van der Waals surface area (Å²) in [5.41, 5.74) is 0. The fourth-order valence-electron chi connectivity index (χ4n) is 1.02. The van der Waals surface area contributed by atoms with Gasteiger partial charge in [0.1, 0.15) is 10.7 Å². The Bertz CT molecular complexity index is 420. The number of carbonyl (C=O) groups is 1. The Morgan fingerprint density at radius 2 is 2.25 bits per heavy atom. The summed E-state index contributed by atoms with van der Waals surface area (Å²) in [5.74, 6) is -0.344. The first-order valence-corrected chi connectivity index (χ1v) is 4.72. The van der Waals surface area contributed by atoms with Gasteiger partial charge < -0.3 is 9.73 Å². The van der Waals surface area contributed by atoms with Gasteiger partial charge in [0, 0.05) is 12.1 Å². The zero-order valence-corrected chi connectivity index (χ0v) is 8.97. The molecule has 6 nitrogen and oxygen atoms in total. The molecule has 6 heteroatoms. The van der Waals surface area contributed by atoms with Gasteiger partial charge in [-0.15, -0.1) is 0 Å². The predicted molar refractivity (Wildman–Crippen MR) is 57.7 cm³/mol. The maximum absolute atomic E-state index is 11.2. The smallest absolute Gasteiger partial charge is 0.401 e. The Balaban J connectivity index is 2.62. The number of nitro groups is 1. The lowest BCUT2D eigenvalue weighted by molar-refractivity contribution is -0.402. The van der Waals surface area contributed by atoms with Crippen molar-refractivity contribution in [3.05, 3.63) is 34.1 Å². The minimum absolute atomic E-state index is 0.0445. The van der Waals surface area contributed by atoms with Crippen LogP contribution in [0.15, 0.2) is 22.6 Å². The Hall–Kier alpha value is -2.11. The summed E-state index contributed by atoms with van der Waals surface area (Å²) in [4.78, 5) is 20.9. The van der Waals surface area contributed by atoms with E-state index < -0.39 is 4.92 Å². The minimum atomic E-state index is -0.633. The molecule has 1 rings (SSSR count). The number of nitrogens with zero attached hydrogens (tertiary/aromatic N) is 1. The van der Waals surface area contributed by atoms with E-state index in [-0.39, 0.29) is 23.6 Å². The van der Waals surface area contributed by atoms with Crippen LogP contribution in [0.2, 0.25) is 0 Å². The largest absolute Gasteiger partial charge is 0.433 e. The second-order valence-corrected chi connectivity index (χ2v) is 3.43. The van der Waals surface area contributed by atoms with Gasteiger partial charge in [-0.1, -0.05) is 0 Å². The van der Waals surface area contributed by atoms with Gasteiger partial charge in [-0.25, -0.2) is 0 Å². The molecule has 86 valence electrons. The third-order valence-corrected chi connectivity index (χ3v) is 1.62. The molecule has 16 heavy (non-hydrogen) atoms. The molecule has 0 atom stereocenters. The van der Waals surface area contributed by atoms with Crippen LogP contribution in [0.1, 0.15) is 19.6 Å². The highest BCUT2D eigenvalue weighted by molar-refractivity contribution is 5.91. The van der Waals surface area contributed by atoms with Crippen molar-refractivity contribution in [1.29, 1.82) is 0 Å². The predicted octanol–water partition coefficient (Wildman–Crippen LogP) is 1.73. The maximum Gasteiger partial charge on any atom is 0.433 e. The lowest BCUT2D eigenvalue weighted by Gasteiger charge is -2.03. The molecule has 0 aliphatic rings. The number of amides is 1. The Morgan fingerprint density at radius 3 is 2.75 bits per heavy atom. The van der Waals surface area contributed by atoms with E-state index in [9.17, 15) is 14.9 Å². The van der Waals surface area contributed by atoms with E-state index in [4.69, 9.17) is 4.42 Å². The number of rotatable bonds is 4. The van der Waals surface area contributed by atoms with Gasteiger partial charge >= 0.3 is 5.88 Å². The Labute approximate surface area is 92.1 Å². The van der Waals surface area contributed by atoms with E-state index in [1.165, 1.54) is 24.3 Å². The molecule has 0 saturated carbocycles. The van der Waals surface area contributed by atoms with Crippen molar-refractivity contribution in [3.8, 4) is 0 Å². The average molecular weight is 224 g/mol. The fourth-order valence-corrected chi connectivity index (χ4v) is 1.02. The molecule has 1 heterocycles. The van der Waals surface area contributed by atoms with E-state index in [2.05, 4.69) is 5.32 Å². The van der Waals surface area contributed by atoms with Crippen LogP contribution < -0.4 is 5.32 Å². The summed E-state index contributed by atoms with van der Waals surface area (Å²) in [7, 11) is 0. The Morgan fingerprint density at radius 1 is 1.56 bits per heavy atom. The highest BCUT2D eigenvalue weighted by Crippen LogP contribution is 2.16. The molecule has 0 aliphatic heterocycles. The molecular weight excluding hydrogens is 212 g/mol.